The van der Waals surface area contributed by atoms with Crippen molar-refractivity contribution in [1.29, 1.82) is 0 Å². The molecule has 0 unspecified atom stereocenters. The van der Waals surface area contributed by atoms with Gasteiger partial charge in [-0.05, 0) is 131 Å². The van der Waals surface area contributed by atoms with Gasteiger partial charge in [-0.2, -0.15) is 9.97 Å². The van der Waals surface area contributed by atoms with Crippen molar-refractivity contribution in [3.63, 3.8) is 0 Å². The van der Waals surface area contributed by atoms with Crippen molar-refractivity contribution in [3.8, 4) is 0 Å². The zero-order valence-electron chi connectivity index (χ0n) is 33.7. The van der Waals surface area contributed by atoms with E-state index >= 15 is 0 Å². The molecule has 6 N–H and O–H groups in total. The van der Waals surface area contributed by atoms with E-state index in [0.717, 1.165) is 0 Å². The highest BCUT2D eigenvalue weighted by molar-refractivity contribution is 5.48. The molecule has 0 atom stereocenters. The smallest absolute Gasteiger partial charge is 0.349 e. The molecule has 14 heteroatoms. The van der Waals surface area contributed by atoms with Gasteiger partial charge in [-0.15, -0.1) is 0 Å². The Bertz CT molecular complexity index is 1720. The molecule has 0 aliphatic heterocycles. The standard InChI is InChI=1S/C12H22N4O.C12H21N3O2.C12H21N3O/c1-11(2,3)15-8-7-9(14-10(17)13-8)16-12(4,5)6;1-11(2,3)14-8-7-9(16)15(10(17)13-8)12(4,5)6;1-11(2,3)14-9-7-8-15(10(16)13-9)12(4,5)6/h7H,1-6H3,(H3,13,14,15,16,17);7,14H,1-6H3,(H,13,17);7-8H,1-6H3,(H,13,14,16). The summed E-state index contributed by atoms with van der Waals surface area (Å²) in [6, 6.07) is 5.05. The summed E-state index contributed by atoms with van der Waals surface area (Å²) in [7, 11) is 0. The van der Waals surface area contributed by atoms with Gasteiger partial charge in [-0.3, -0.25) is 23.9 Å². The predicted octanol–water partition coefficient (Wildman–Crippen LogP) is 5.90. The topological polar surface area (TPSA) is 184 Å². The van der Waals surface area contributed by atoms with Gasteiger partial charge in [0.25, 0.3) is 5.56 Å². The lowest BCUT2D eigenvalue weighted by molar-refractivity contribution is 0.367. The molecule has 14 nitrogen and oxygen atoms in total. The minimum Gasteiger partial charge on any atom is -0.367 e. The molecule has 3 heterocycles. The molecular formula is C36H64N10O4. The van der Waals surface area contributed by atoms with Crippen LogP contribution in [0.25, 0.3) is 0 Å². The molecule has 3 aromatic heterocycles. The second kappa shape index (κ2) is 15.7. The molecular weight excluding hydrogens is 636 g/mol. The first-order valence-electron chi connectivity index (χ1n) is 16.9. The van der Waals surface area contributed by atoms with Gasteiger partial charge in [0, 0.05) is 51.6 Å². The van der Waals surface area contributed by atoms with Crippen LogP contribution in [0.4, 0.5) is 23.3 Å². The first-order valence-corrected chi connectivity index (χ1v) is 16.9. The number of anilines is 4. The lowest BCUT2D eigenvalue weighted by Crippen LogP contribution is -2.45. The molecule has 3 rings (SSSR count). The first-order chi connectivity index (χ1) is 22.1. The zero-order valence-corrected chi connectivity index (χ0v) is 33.7. The van der Waals surface area contributed by atoms with Crippen LogP contribution >= 0.6 is 0 Å². The second-order valence-electron chi connectivity index (χ2n) is 18.5. The van der Waals surface area contributed by atoms with Crippen LogP contribution in [0.1, 0.15) is 125 Å². The van der Waals surface area contributed by atoms with Crippen LogP contribution in [0.5, 0.6) is 0 Å². The van der Waals surface area contributed by atoms with Crippen LogP contribution in [-0.2, 0) is 11.1 Å². The van der Waals surface area contributed by atoms with Crippen molar-refractivity contribution in [3.05, 3.63) is 66.2 Å². The number of nitrogens with one attached hydrogen (secondary N) is 6. The van der Waals surface area contributed by atoms with E-state index in [1.54, 1.807) is 16.8 Å². The minimum absolute atomic E-state index is 0.0899. The van der Waals surface area contributed by atoms with Gasteiger partial charge in [0.15, 0.2) is 0 Å². The second-order valence-corrected chi connectivity index (χ2v) is 18.5. The highest BCUT2D eigenvalue weighted by Gasteiger charge is 2.20. The van der Waals surface area contributed by atoms with E-state index < -0.39 is 11.2 Å². The van der Waals surface area contributed by atoms with Crippen LogP contribution in [0.15, 0.2) is 43.6 Å². The number of nitrogens with zero attached hydrogens (tertiary/aromatic N) is 4. The van der Waals surface area contributed by atoms with Crippen molar-refractivity contribution in [2.45, 2.75) is 158 Å². The maximum absolute atomic E-state index is 11.9. The van der Waals surface area contributed by atoms with Gasteiger partial charge in [0.2, 0.25) is 0 Å². The third kappa shape index (κ3) is 16.8. The van der Waals surface area contributed by atoms with Crippen LogP contribution in [-0.4, -0.2) is 51.2 Å². The van der Waals surface area contributed by atoms with Gasteiger partial charge in [-0.1, -0.05) is 0 Å². The maximum Gasteiger partial charge on any atom is 0.349 e. The Kier molecular flexibility index (Phi) is 13.7. The van der Waals surface area contributed by atoms with E-state index in [4.69, 9.17) is 0 Å². The number of rotatable bonds is 4. The highest BCUT2D eigenvalue weighted by Crippen LogP contribution is 2.17. The number of aromatic nitrogens is 6. The minimum atomic E-state index is -0.523. The lowest BCUT2D eigenvalue weighted by Gasteiger charge is -2.24. The van der Waals surface area contributed by atoms with Crippen molar-refractivity contribution in [2.75, 3.05) is 21.3 Å². The van der Waals surface area contributed by atoms with Crippen LogP contribution in [0, 0.1) is 0 Å². The number of hydrogen-bond donors (Lipinski definition) is 6. The first kappa shape index (κ1) is 43.7. The monoisotopic (exact) mass is 701 g/mol. The van der Waals surface area contributed by atoms with Crippen LogP contribution < -0.4 is 43.9 Å². The van der Waals surface area contributed by atoms with Gasteiger partial charge >= 0.3 is 17.1 Å². The average Bonchev–Trinajstić information content (AvgIpc) is 2.77. The molecule has 50 heavy (non-hydrogen) atoms. The molecule has 0 spiro atoms. The maximum atomic E-state index is 11.9. The summed E-state index contributed by atoms with van der Waals surface area (Å²) in [6.45, 7) is 35.5. The van der Waals surface area contributed by atoms with Gasteiger partial charge in [0.1, 0.15) is 23.3 Å². The molecule has 0 fully saturated rings. The molecule has 0 bridgehead atoms. The Morgan fingerprint density at radius 3 is 1.36 bits per heavy atom. The average molecular weight is 701 g/mol. The summed E-state index contributed by atoms with van der Waals surface area (Å²) in [5.41, 5.74) is -2.55. The quantitative estimate of drug-likeness (QED) is 0.192. The van der Waals surface area contributed by atoms with E-state index in [0.29, 0.717) is 23.3 Å². The Hall–Kier alpha value is -4.36. The predicted molar refractivity (Wildman–Crippen MR) is 208 cm³/mol. The van der Waals surface area contributed by atoms with Gasteiger partial charge in [-0.25, -0.2) is 14.4 Å². The molecule has 0 aromatic carbocycles. The van der Waals surface area contributed by atoms with Gasteiger partial charge < -0.3 is 21.3 Å². The van der Waals surface area contributed by atoms with Gasteiger partial charge in [0.05, 0.1) is 0 Å². The molecule has 282 valence electrons. The highest BCUT2D eigenvalue weighted by atomic mass is 16.2. The van der Waals surface area contributed by atoms with E-state index in [1.807, 2.05) is 131 Å². The van der Waals surface area contributed by atoms with Crippen molar-refractivity contribution in [2.24, 2.45) is 0 Å². The van der Waals surface area contributed by atoms with E-state index in [-0.39, 0.29) is 44.6 Å². The molecule has 0 aliphatic rings. The van der Waals surface area contributed by atoms with Crippen molar-refractivity contribution >= 4 is 23.3 Å². The third-order valence-corrected chi connectivity index (χ3v) is 5.90. The zero-order chi connectivity index (χ0) is 39.3. The molecule has 0 saturated heterocycles. The summed E-state index contributed by atoms with van der Waals surface area (Å²) in [5.74, 6) is 2.32. The fraction of sp³-hybridized carbons (Fsp3) is 0.667. The summed E-state index contributed by atoms with van der Waals surface area (Å²) in [6.07, 6.45) is 1.78. The summed E-state index contributed by atoms with van der Waals surface area (Å²) in [5, 5.41) is 12.6. The third-order valence-electron chi connectivity index (χ3n) is 5.90. The Labute approximate surface area is 297 Å². The van der Waals surface area contributed by atoms with Crippen molar-refractivity contribution in [1.82, 2.24) is 29.1 Å². The molecule has 3 aromatic rings. The Morgan fingerprint density at radius 1 is 0.540 bits per heavy atom. The SMILES string of the molecule is CC(C)(C)Nc1cc(=O)n(C(C)(C)C)c(=O)[nH]1.CC(C)(C)Nc1cc(NC(C)(C)C)[nH]c(=O)n1.CC(C)(C)Nc1ccn(C(C)(C)C)c(=O)n1. The molecule has 0 amide bonds. The largest absolute Gasteiger partial charge is 0.367 e. The number of aromatic amines is 2. The summed E-state index contributed by atoms with van der Waals surface area (Å²) < 4.78 is 2.84. The van der Waals surface area contributed by atoms with Crippen LogP contribution in [0.3, 0.4) is 0 Å². The van der Waals surface area contributed by atoms with Crippen LogP contribution in [0.2, 0.25) is 0 Å². The molecule has 0 radical (unpaired) electrons. The summed E-state index contributed by atoms with van der Waals surface area (Å²) in [4.78, 5) is 60.2. The lowest BCUT2D eigenvalue weighted by atomic mass is 10.1. The van der Waals surface area contributed by atoms with E-state index in [1.165, 1.54) is 10.6 Å². The molecule has 0 aliphatic carbocycles. The summed E-state index contributed by atoms with van der Waals surface area (Å²) >= 11 is 0. The molecule has 0 saturated carbocycles. The number of H-pyrrole nitrogens is 2. The van der Waals surface area contributed by atoms with E-state index in [9.17, 15) is 19.2 Å². The fourth-order valence-electron chi connectivity index (χ4n) is 4.35. The Morgan fingerprint density at radius 2 is 0.980 bits per heavy atom. The Balaban J connectivity index is 0.000000375. The normalized spacial score (nSPS) is 12.5. The number of hydrogen-bond acceptors (Lipinski definition) is 10. The van der Waals surface area contributed by atoms with E-state index in [2.05, 4.69) is 41.2 Å². The fourth-order valence-corrected chi connectivity index (χ4v) is 4.35. The van der Waals surface area contributed by atoms with Crippen molar-refractivity contribution < 1.29 is 0 Å².